The van der Waals surface area contributed by atoms with Crippen molar-refractivity contribution in [1.29, 1.82) is 5.26 Å². The second-order valence-electron chi connectivity index (χ2n) is 3.34. The van der Waals surface area contributed by atoms with Crippen molar-refractivity contribution in [1.82, 2.24) is 0 Å². The standard InChI is InChI=1S/C10H4BrF3N2O3/c11-3-8(17)5-1-6(4-15)9(16(18)19)7(2-5)10(12,13)14/h1-2H,3H2. The highest BCUT2D eigenvalue weighted by molar-refractivity contribution is 9.09. The molecular formula is C10H4BrF3N2O3. The van der Waals surface area contributed by atoms with Crippen LogP contribution in [0.25, 0.3) is 0 Å². The molecule has 0 unspecified atom stereocenters. The van der Waals surface area contributed by atoms with Crippen LogP contribution in [0.5, 0.6) is 0 Å². The minimum absolute atomic E-state index is 0.257. The monoisotopic (exact) mass is 336 g/mol. The number of halogens is 4. The first-order valence-electron chi connectivity index (χ1n) is 4.61. The summed E-state index contributed by atoms with van der Waals surface area (Å²) >= 11 is 2.77. The Balaban J connectivity index is 3.71. The van der Waals surface area contributed by atoms with Gasteiger partial charge in [0.05, 0.1) is 10.3 Å². The summed E-state index contributed by atoms with van der Waals surface area (Å²) in [6.45, 7) is 0. The lowest BCUT2D eigenvalue weighted by atomic mass is 10.0. The van der Waals surface area contributed by atoms with Crippen LogP contribution in [0.15, 0.2) is 12.1 Å². The summed E-state index contributed by atoms with van der Waals surface area (Å²) in [5.41, 5.74) is -4.17. The van der Waals surface area contributed by atoms with Gasteiger partial charge in [0.1, 0.15) is 17.2 Å². The molecule has 0 N–H and O–H groups in total. The Labute approximate surface area is 112 Å². The van der Waals surface area contributed by atoms with Crippen molar-refractivity contribution in [2.75, 3.05) is 5.33 Å². The van der Waals surface area contributed by atoms with Gasteiger partial charge in [-0.3, -0.25) is 14.9 Å². The van der Waals surface area contributed by atoms with Crippen LogP contribution in [0, 0.1) is 21.4 Å². The zero-order chi connectivity index (χ0) is 14.8. The largest absolute Gasteiger partial charge is 0.423 e. The summed E-state index contributed by atoms with van der Waals surface area (Å²) in [5.74, 6) is -0.711. The molecule has 5 nitrogen and oxygen atoms in total. The average Bonchev–Trinajstić information content (AvgIpc) is 2.34. The second-order valence-corrected chi connectivity index (χ2v) is 3.90. The molecule has 0 bridgehead atoms. The highest BCUT2D eigenvalue weighted by Gasteiger charge is 2.41. The molecule has 1 aromatic rings. The highest BCUT2D eigenvalue weighted by atomic mass is 79.9. The SMILES string of the molecule is N#Cc1cc(C(=O)CBr)cc(C(F)(F)F)c1[N+](=O)[O-]. The molecule has 0 aliphatic heterocycles. The van der Waals surface area contributed by atoms with Gasteiger partial charge < -0.3 is 0 Å². The first kappa shape index (κ1) is 15.1. The molecule has 0 fully saturated rings. The lowest BCUT2D eigenvalue weighted by Crippen LogP contribution is -2.13. The van der Waals surface area contributed by atoms with Crippen molar-refractivity contribution in [3.05, 3.63) is 38.9 Å². The maximum Gasteiger partial charge on any atom is 0.423 e. The first-order valence-corrected chi connectivity index (χ1v) is 5.73. The number of benzene rings is 1. The maximum atomic E-state index is 12.7. The lowest BCUT2D eigenvalue weighted by Gasteiger charge is -2.10. The predicted molar refractivity (Wildman–Crippen MR) is 60.9 cm³/mol. The number of carbonyl (C=O) groups is 1. The number of nitriles is 1. The molecule has 0 atom stereocenters. The van der Waals surface area contributed by atoms with Crippen molar-refractivity contribution >= 4 is 27.4 Å². The number of nitrogens with zero attached hydrogens (tertiary/aromatic N) is 2. The highest BCUT2D eigenvalue weighted by Crippen LogP contribution is 2.38. The molecule has 0 saturated heterocycles. The third-order valence-electron chi connectivity index (χ3n) is 2.16. The van der Waals surface area contributed by atoms with E-state index in [1.165, 1.54) is 6.07 Å². The fraction of sp³-hybridized carbons (Fsp3) is 0.200. The van der Waals surface area contributed by atoms with E-state index >= 15 is 0 Å². The first-order chi connectivity index (χ1) is 8.72. The summed E-state index contributed by atoms with van der Waals surface area (Å²) in [6, 6.07) is 2.45. The van der Waals surface area contributed by atoms with Crippen molar-refractivity contribution in [2.45, 2.75) is 6.18 Å². The van der Waals surface area contributed by atoms with Crippen LogP contribution < -0.4 is 0 Å². The Hall–Kier alpha value is -1.95. The van der Waals surface area contributed by atoms with E-state index in [9.17, 15) is 28.1 Å². The molecule has 1 aromatic carbocycles. The molecule has 1 rings (SSSR count). The molecule has 0 aliphatic carbocycles. The topological polar surface area (TPSA) is 84.0 Å². The molecule has 19 heavy (non-hydrogen) atoms. The van der Waals surface area contributed by atoms with Gasteiger partial charge in [-0.15, -0.1) is 0 Å². The molecule has 0 aliphatic rings. The summed E-state index contributed by atoms with van der Waals surface area (Å²) < 4.78 is 38.2. The summed E-state index contributed by atoms with van der Waals surface area (Å²) in [4.78, 5) is 20.7. The molecule has 0 heterocycles. The number of Topliss-reactive ketones (excluding diaryl/α,β-unsaturated/α-hetero) is 1. The summed E-state index contributed by atoms with van der Waals surface area (Å²) in [6.07, 6.45) is -5.03. The van der Waals surface area contributed by atoms with E-state index in [2.05, 4.69) is 15.9 Å². The van der Waals surface area contributed by atoms with Gasteiger partial charge in [-0.25, -0.2) is 0 Å². The van der Waals surface area contributed by atoms with Crippen LogP contribution in [-0.2, 0) is 6.18 Å². The molecule has 0 amide bonds. The number of ketones is 1. The Morgan fingerprint density at radius 2 is 2.05 bits per heavy atom. The second kappa shape index (κ2) is 5.36. The molecule has 0 saturated carbocycles. The third kappa shape index (κ3) is 3.08. The van der Waals surface area contributed by atoms with Gasteiger partial charge in [-0.2, -0.15) is 18.4 Å². The number of rotatable bonds is 3. The molecule has 0 aromatic heterocycles. The van der Waals surface area contributed by atoms with E-state index in [4.69, 9.17) is 5.26 Å². The van der Waals surface area contributed by atoms with Crippen molar-refractivity contribution < 1.29 is 22.9 Å². The maximum absolute atomic E-state index is 12.7. The Morgan fingerprint density at radius 1 is 1.47 bits per heavy atom. The third-order valence-corrected chi connectivity index (χ3v) is 2.67. The van der Waals surface area contributed by atoms with E-state index in [0.29, 0.717) is 6.07 Å². The Kier molecular flexibility index (Phi) is 4.26. The number of nitro groups is 1. The number of nitro benzene ring substituents is 1. The number of alkyl halides is 4. The van der Waals surface area contributed by atoms with Crippen LogP contribution in [0.2, 0.25) is 0 Å². The van der Waals surface area contributed by atoms with Gasteiger partial charge in [0.2, 0.25) is 0 Å². The fourth-order valence-corrected chi connectivity index (χ4v) is 1.69. The number of hydrogen-bond donors (Lipinski definition) is 0. The normalized spacial score (nSPS) is 10.9. The van der Waals surface area contributed by atoms with Crippen LogP contribution in [-0.4, -0.2) is 16.0 Å². The van der Waals surface area contributed by atoms with E-state index in [-0.39, 0.29) is 5.33 Å². The minimum atomic E-state index is -5.03. The average molecular weight is 337 g/mol. The van der Waals surface area contributed by atoms with Crippen molar-refractivity contribution in [3.63, 3.8) is 0 Å². The molecule has 100 valence electrons. The molecule has 0 spiro atoms. The van der Waals surface area contributed by atoms with E-state index < -0.39 is 39.3 Å². The smallest absolute Gasteiger partial charge is 0.293 e. The zero-order valence-corrected chi connectivity index (χ0v) is 10.6. The van der Waals surface area contributed by atoms with Crippen LogP contribution in [0.4, 0.5) is 18.9 Å². The van der Waals surface area contributed by atoms with Gasteiger partial charge in [-0.05, 0) is 12.1 Å². The fourth-order valence-electron chi connectivity index (χ4n) is 1.37. The van der Waals surface area contributed by atoms with Crippen molar-refractivity contribution in [3.8, 4) is 6.07 Å². The van der Waals surface area contributed by atoms with E-state index in [1.807, 2.05) is 0 Å². The Bertz CT molecular complexity index is 593. The molecule has 9 heteroatoms. The quantitative estimate of drug-likeness (QED) is 0.367. The lowest BCUT2D eigenvalue weighted by molar-refractivity contribution is -0.388. The van der Waals surface area contributed by atoms with Crippen LogP contribution in [0.3, 0.4) is 0 Å². The molecular weight excluding hydrogens is 333 g/mol. The predicted octanol–water partition coefficient (Wildman–Crippen LogP) is 3.06. The number of hydrogen-bond acceptors (Lipinski definition) is 4. The van der Waals surface area contributed by atoms with Crippen LogP contribution >= 0.6 is 15.9 Å². The summed E-state index contributed by atoms with van der Waals surface area (Å²) in [5, 5.41) is 19.1. The van der Waals surface area contributed by atoms with Gasteiger partial charge in [0, 0.05) is 5.56 Å². The molecule has 0 radical (unpaired) electrons. The van der Waals surface area contributed by atoms with Gasteiger partial charge in [-0.1, -0.05) is 15.9 Å². The van der Waals surface area contributed by atoms with Crippen LogP contribution in [0.1, 0.15) is 21.5 Å². The van der Waals surface area contributed by atoms with E-state index in [0.717, 1.165) is 6.07 Å². The minimum Gasteiger partial charge on any atom is -0.293 e. The number of carbonyl (C=O) groups excluding carboxylic acids is 1. The van der Waals surface area contributed by atoms with Gasteiger partial charge in [0.25, 0.3) is 5.69 Å². The van der Waals surface area contributed by atoms with Gasteiger partial charge in [0.15, 0.2) is 5.78 Å². The zero-order valence-electron chi connectivity index (χ0n) is 8.99. The van der Waals surface area contributed by atoms with Crippen molar-refractivity contribution in [2.24, 2.45) is 0 Å². The summed E-state index contributed by atoms with van der Waals surface area (Å²) in [7, 11) is 0. The van der Waals surface area contributed by atoms with E-state index in [1.54, 1.807) is 0 Å². The Morgan fingerprint density at radius 3 is 2.42 bits per heavy atom. The van der Waals surface area contributed by atoms with Gasteiger partial charge >= 0.3 is 6.18 Å².